The molecular formula is C36H42ClN7O7. The van der Waals surface area contributed by atoms with Gasteiger partial charge in [-0.1, -0.05) is 41.9 Å². The second-order valence-electron chi connectivity index (χ2n) is 12.0. The minimum absolute atomic E-state index is 0.165. The zero-order chi connectivity index (χ0) is 36.2. The number of fused-ring (bicyclic) bond motifs is 4. The third kappa shape index (κ3) is 9.52. The van der Waals surface area contributed by atoms with Crippen molar-refractivity contribution in [3.05, 3.63) is 89.5 Å². The third-order valence-electron chi connectivity index (χ3n) is 8.65. The molecule has 0 unspecified atom stereocenters. The third-order valence-corrected chi connectivity index (χ3v) is 8.99. The summed E-state index contributed by atoms with van der Waals surface area (Å²) in [5.74, 6) is 0.799. The highest BCUT2D eigenvalue weighted by atomic mass is 35.5. The predicted molar refractivity (Wildman–Crippen MR) is 188 cm³/mol. The molecule has 0 aliphatic carbocycles. The number of halogens is 1. The van der Waals surface area contributed by atoms with E-state index in [0.29, 0.717) is 87.2 Å². The Kier molecular flexibility index (Phi) is 13.2. The lowest BCUT2D eigenvalue weighted by Gasteiger charge is -2.35. The quantitative estimate of drug-likeness (QED) is 0.298. The van der Waals surface area contributed by atoms with Gasteiger partial charge in [0.15, 0.2) is 6.10 Å². The van der Waals surface area contributed by atoms with Gasteiger partial charge in [0.05, 0.1) is 12.6 Å². The number of imidazole rings is 1. The van der Waals surface area contributed by atoms with Gasteiger partial charge in [-0.2, -0.15) is 5.10 Å². The van der Waals surface area contributed by atoms with Crippen LogP contribution in [0.3, 0.4) is 0 Å². The molecule has 3 amide bonds. The number of aromatic nitrogens is 4. The van der Waals surface area contributed by atoms with Gasteiger partial charge in [-0.3, -0.25) is 23.9 Å². The molecule has 2 aromatic heterocycles. The van der Waals surface area contributed by atoms with Gasteiger partial charge < -0.3 is 34.3 Å². The number of hydrogen-bond acceptors (Lipinski definition) is 8. The van der Waals surface area contributed by atoms with Crippen molar-refractivity contribution in [3.8, 4) is 17.1 Å². The Bertz CT molecular complexity index is 1790. The molecule has 2 N–H and O–H groups in total. The summed E-state index contributed by atoms with van der Waals surface area (Å²) in [7, 11) is 0. The number of hydrogen-bond donors (Lipinski definition) is 2. The monoisotopic (exact) mass is 719 g/mol. The Morgan fingerprint density at radius 3 is 2.53 bits per heavy atom. The summed E-state index contributed by atoms with van der Waals surface area (Å²) in [6, 6.07) is 15.9. The van der Waals surface area contributed by atoms with Crippen LogP contribution in [0.15, 0.2) is 73.2 Å². The van der Waals surface area contributed by atoms with Crippen LogP contribution in [0.4, 0.5) is 0 Å². The van der Waals surface area contributed by atoms with Gasteiger partial charge >= 0.3 is 0 Å². The van der Waals surface area contributed by atoms with E-state index in [0.717, 1.165) is 11.4 Å². The van der Waals surface area contributed by atoms with E-state index in [1.807, 2.05) is 43.5 Å². The molecule has 51 heavy (non-hydrogen) atoms. The summed E-state index contributed by atoms with van der Waals surface area (Å²) in [6.45, 7) is 4.86. The largest absolute Gasteiger partial charge is 0.492 e. The van der Waals surface area contributed by atoms with Crippen LogP contribution in [-0.2, 0) is 32.2 Å². The highest BCUT2D eigenvalue weighted by molar-refractivity contribution is 6.31. The second kappa shape index (κ2) is 18.2. The summed E-state index contributed by atoms with van der Waals surface area (Å²) in [5.41, 5.74) is 1.92. The summed E-state index contributed by atoms with van der Waals surface area (Å²) < 4.78 is 15.8. The van der Waals surface area contributed by atoms with E-state index in [1.165, 1.54) is 0 Å². The highest BCUT2D eigenvalue weighted by Gasteiger charge is 2.39. The number of rotatable bonds is 4. The second-order valence-corrected chi connectivity index (χ2v) is 12.4. The minimum atomic E-state index is -0.938. The first kappa shape index (κ1) is 37.1. The van der Waals surface area contributed by atoms with Crippen LogP contribution < -0.4 is 10.1 Å². The van der Waals surface area contributed by atoms with Crippen molar-refractivity contribution in [3.63, 3.8) is 0 Å². The molecule has 15 heteroatoms. The predicted octanol–water partition coefficient (Wildman–Crippen LogP) is 3.91. The van der Waals surface area contributed by atoms with Gasteiger partial charge in [-0.05, 0) is 56.0 Å². The van der Waals surface area contributed by atoms with Crippen molar-refractivity contribution in [1.82, 2.24) is 34.4 Å². The number of carbonyl (C=O) groups excluding carboxylic acids is 3. The molecule has 14 nitrogen and oxygen atoms in total. The summed E-state index contributed by atoms with van der Waals surface area (Å²) >= 11 is 6.51. The number of carbonyl (C=O) groups is 4. The van der Waals surface area contributed by atoms with Crippen LogP contribution in [0.2, 0.25) is 5.02 Å². The fourth-order valence-corrected chi connectivity index (χ4v) is 6.41. The standard InChI is InChI=1S/C35H40ClN7O5.CH2O2/c1-2-43-19-13-29(39-43)34(45)42-16-6-5-15-41(35(46)32-31(38-30(44)24-48-32)27-11-3-4-12-28(27)36)18-8-17-40-20-14-37-33(40)25-9-7-10-26(23-25)47-22-21-42;2-1-3/h3-4,7,9-14,19-20,23,31-32H,2,5-6,8,15-18,21-22,24H2,1H3,(H,38,44);1H,(H,2,3)/t31-,32+;/m1./s1. The Morgan fingerprint density at radius 2 is 1.76 bits per heavy atom. The van der Waals surface area contributed by atoms with Crippen molar-refractivity contribution in [2.75, 3.05) is 39.4 Å². The van der Waals surface area contributed by atoms with Crippen LogP contribution in [0.5, 0.6) is 5.75 Å². The van der Waals surface area contributed by atoms with Crippen LogP contribution in [0.1, 0.15) is 48.3 Å². The minimum Gasteiger partial charge on any atom is -0.492 e. The maximum atomic E-state index is 14.2. The van der Waals surface area contributed by atoms with Gasteiger partial charge in [0.2, 0.25) is 5.91 Å². The first-order valence-corrected chi connectivity index (χ1v) is 17.3. The molecule has 0 spiro atoms. The van der Waals surface area contributed by atoms with Crippen LogP contribution >= 0.6 is 11.6 Å². The van der Waals surface area contributed by atoms with Crippen molar-refractivity contribution >= 4 is 35.8 Å². The molecule has 0 radical (unpaired) electrons. The molecule has 1 saturated heterocycles. The van der Waals surface area contributed by atoms with Crippen molar-refractivity contribution < 1.29 is 33.8 Å². The number of benzene rings is 2. The van der Waals surface area contributed by atoms with Gasteiger partial charge in [-0.25, -0.2) is 4.98 Å². The molecule has 270 valence electrons. The average molecular weight is 720 g/mol. The van der Waals surface area contributed by atoms with Gasteiger partial charge in [-0.15, -0.1) is 0 Å². The molecule has 4 aromatic rings. The lowest BCUT2D eigenvalue weighted by Crippen LogP contribution is -2.53. The van der Waals surface area contributed by atoms with E-state index in [9.17, 15) is 14.4 Å². The maximum Gasteiger partial charge on any atom is 0.290 e. The van der Waals surface area contributed by atoms with Crippen LogP contribution in [0, 0.1) is 0 Å². The number of morpholine rings is 1. The van der Waals surface area contributed by atoms with Crippen molar-refractivity contribution in [2.45, 2.75) is 51.4 Å². The fourth-order valence-electron chi connectivity index (χ4n) is 6.16. The Balaban J connectivity index is 0.00000162. The zero-order valence-corrected chi connectivity index (χ0v) is 29.2. The van der Waals surface area contributed by atoms with Crippen LogP contribution in [0.25, 0.3) is 11.4 Å². The van der Waals surface area contributed by atoms with E-state index in [4.69, 9.17) is 31.0 Å². The molecule has 6 rings (SSSR count). The van der Waals surface area contributed by atoms with E-state index in [1.54, 1.807) is 51.1 Å². The molecule has 4 heterocycles. The molecule has 2 atom stereocenters. The van der Waals surface area contributed by atoms with Crippen molar-refractivity contribution in [1.29, 1.82) is 0 Å². The Labute approximate surface area is 300 Å². The van der Waals surface area contributed by atoms with Gasteiger partial charge in [0, 0.05) is 61.9 Å². The summed E-state index contributed by atoms with van der Waals surface area (Å²) in [4.78, 5) is 56.7. The van der Waals surface area contributed by atoms with E-state index < -0.39 is 12.1 Å². The number of amides is 3. The number of nitrogens with one attached hydrogen (secondary N) is 1. The first-order chi connectivity index (χ1) is 24.8. The smallest absolute Gasteiger partial charge is 0.290 e. The fraction of sp³-hybridized carbons (Fsp3) is 0.389. The van der Waals surface area contributed by atoms with Crippen molar-refractivity contribution in [2.24, 2.45) is 0 Å². The van der Waals surface area contributed by atoms with Gasteiger partial charge in [0.25, 0.3) is 18.3 Å². The Morgan fingerprint density at radius 1 is 1.00 bits per heavy atom. The summed E-state index contributed by atoms with van der Waals surface area (Å²) in [5, 5.41) is 14.7. The number of carboxylic acid groups (broad SMARTS) is 1. The van der Waals surface area contributed by atoms with Gasteiger partial charge in [0.1, 0.15) is 30.5 Å². The van der Waals surface area contributed by atoms with Crippen LogP contribution in [-0.4, -0.2) is 104 Å². The highest BCUT2D eigenvalue weighted by Crippen LogP contribution is 2.30. The van der Waals surface area contributed by atoms with E-state index in [2.05, 4.69) is 20.0 Å². The number of aryl methyl sites for hydroxylation is 2. The molecule has 2 aliphatic heterocycles. The number of ether oxygens (including phenoxy) is 2. The summed E-state index contributed by atoms with van der Waals surface area (Å²) in [6.07, 6.45) is 6.51. The lowest BCUT2D eigenvalue weighted by atomic mass is 9.98. The molecular weight excluding hydrogens is 678 g/mol. The normalized spacial score (nSPS) is 18.6. The maximum absolute atomic E-state index is 14.2. The topological polar surface area (TPSA) is 161 Å². The SMILES string of the molecule is CCn1ccc(C(=O)N2CCCCN(C(=O)[C@H]3OCC(=O)N[C@@H]3c3ccccc3Cl)CCCn3ccnc3-c3cccc(c3)OCC2)n1.O=CO. The molecule has 0 saturated carbocycles. The van der Waals surface area contributed by atoms with E-state index in [-0.39, 0.29) is 30.8 Å². The first-order valence-electron chi connectivity index (χ1n) is 16.9. The van der Waals surface area contributed by atoms with E-state index >= 15 is 0 Å². The average Bonchev–Trinajstić information content (AvgIpc) is 3.82. The molecule has 2 bridgehead atoms. The molecule has 1 fully saturated rings. The zero-order valence-electron chi connectivity index (χ0n) is 28.4. The molecule has 2 aromatic carbocycles. The Hall–Kier alpha value is -5.21. The lowest BCUT2D eigenvalue weighted by molar-refractivity contribution is -0.155. The molecule has 2 aliphatic rings. The number of nitrogens with zero attached hydrogens (tertiary/aromatic N) is 6.